The lowest BCUT2D eigenvalue weighted by Gasteiger charge is -2.12. The first-order chi connectivity index (χ1) is 4.11. The molecule has 0 aliphatic carbocycles. The average molecular weight is 142 g/mol. The Morgan fingerprint density at radius 3 is 2.67 bits per heavy atom. The smallest absolute Gasteiger partial charge is 0.152 e. The maximum absolute atomic E-state index is 9.33. The van der Waals surface area contributed by atoms with Crippen LogP contribution in [0.3, 0.4) is 0 Å². The molecule has 0 spiro atoms. The molecule has 0 bridgehead atoms. The molecule has 49 valence electrons. The van der Waals surface area contributed by atoms with Gasteiger partial charge in [0.2, 0.25) is 0 Å². The second-order valence-electron chi connectivity index (χ2n) is 2.37. The Morgan fingerprint density at radius 2 is 2.44 bits per heavy atom. The highest BCUT2D eigenvalue weighted by Crippen LogP contribution is 2.21. The number of hydrogen-bond donors (Lipinski definition) is 1. The largest absolute Gasteiger partial charge is 0.385 e. The summed E-state index contributed by atoms with van der Waals surface area (Å²) in [7, 11) is 0. The Hall–Kier alpha value is -0.410. The second-order valence-corrected chi connectivity index (χ2v) is 3.20. The average Bonchev–Trinajstić information content (AvgIpc) is 2.08. The van der Waals surface area contributed by atoms with Gasteiger partial charge in [0, 0.05) is 6.20 Å². The van der Waals surface area contributed by atoms with Gasteiger partial charge in [0.05, 0.1) is 10.5 Å². The van der Waals surface area contributed by atoms with Crippen molar-refractivity contribution in [1.29, 1.82) is 0 Å². The molecule has 1 aromatic heterocycles. The predicted molar refractivity (Wildman–Crippen MR) is 36.2 cm³/mol. The van der Waals surface area contributed by atoms with E-state index in [-0.39, 0.29) is 0 Å². The Labute approximate surface area is 58.2 Å². The summed E-state index contributed by atoms with van der Waals surface area (Å²) in [4.78, 5) is 4.57. The molecule has 0 aliphatic heterocycles. The first kappa shape index (κ1) is 6.71. The van der Waals surface area contributed by atoms with E-state index in [2.05, 4.69) is 10.5 Å². The minimum Gasteiger partial charge on any atom is -0.385 e. The van der Waals surface area contributed by atoms with Crippen LogP contribution in [0.15, 0.2) is 6.20 Å². The van der Waals surface area contributed by atoms with Gasteiger partial charge in [-0.05, 0) is 13.8 Å². The highest BCUT2D eigenvalue weighted by Gasteiger charge is 2.16. The van der Waals surface area contributed by atoms with Crippen LogP contribution in [0.2, 0.25) is 0 Å². The van der Waals surface area contributed by atoms with Gasteiger partial charge in [-0.25, -0.2) is 4.98 Å². The Morgan fingerprint density at radius 1 is 1.78 bits per heavy atom. The topological polar surface area (TPSA) is 33.1 Å². The van der Waals surface area contributed by atoms with Gasteiger partial charge < -0.3 is 5.11 Å². The van der Waals surface area contributed by atoms with Gasteiger partial charge in [0.15, 0.2) is 5.51 Å². The Kier molecular flexibility index (Phi) is 1.55. The van der Waals surface area contributed by atoms with Crippen molar-refractivity contribution in [2.24, 2.45) is 0 Å². The minimum atomic E-state index is -0.752. The first-order valence-corrected chi connectivity index (χ1v) is 3.47. The third-order valence-corrected chi connectivity index (χ3v) is 2.01. The monoisotopic (exact) mass is 142 g/mol. The fourth-order valence-corrected chi connectivity index (χ4v) is 1.03. The number of aliphatic hydroxyl groups is 1. The summed E-state index contributed by atoms with van der Waals surface area (Å²) in [5, 5.41) is 9.33. The standard InChI is InChI=1S/C6H8NOS/c1-6(2,8)5-3-7-4-9-5/h3,8H,1-2H3. The lowest BCUT2D eigenvalue weighted by Crippen LogP contribution is -2.12. The predicted octanol–water partition coefficient (Wildman–Crippen LogP) is 1.17. The highest BCUT2D eigenvalue weighted by atomic mass is 32.1. The van der Waals surface area contributed by atoms with Gasteiger partial charge in [-0.3, -0.25) is 0 Å². The van der Waals surface area contributed by atoms with E-state index in [1.54, 1.807) is 20.0 Å². The summed E-state index contributed by atoms with van der Waals surface area (Å²) in [5.74, 6) is 0. The van der Waals surface area contributed by atoms with Crippen LogP contribution in [0.5, 0.6) is 0 Å². The van der Waals surface area contributed by atoms with Crippen molar-refractivity contribution in [2.45, 2.75) is 19.4 Å². The third kappa shape index (κ3) is 1.50. The molecule has 0 fully saturated rings. The maximum atomic E-state index is 9.33. The van der Waals surface area contributed by atoms with Gasteiger partial charge in [-0.2, -0.15) is 0 Å². The van der Waals surface area contributed by atoms with Crippen molar-refractivity contribution in [3.8, 4) is 0 Å². The molecule has 1 aromatic rings. The normalized spacial score (nSPS) is 11.9. The second kappa shape index (κ2) is 2.08. The quantitative estimate of drug-likeness (QED) is 0.638. The van der Waals surface area contributed by atoms with Gasteiger partial charge in [-0.15, -0.1) is 11.3 Å². The lowest BCUT2D eigenvalue weighted by atomic mass is 10.1. The van der Waals surface area contributed by atoms with E-state index < -0.39 is 5.60 Å². The molecule has 1 N–H and O–H groups in total. The Balaban J connectivity index is 2.90. The summed E-state index contributed by atoms with van der Waals surface area (Å²) in [6.07, 6.45) is 1.63. The lowest BCUT2D eigenvalue weighted by molar-refractivity contribution is 0.0823. The van der Waals surface area contributed by atoms with Crippen molar-refractivity contribution >= 4 is 11.3 Å². The number of aromatic nitrogens is 1. The van der Waals surface area contributed by atoms with E-state index in [4.69, 9.17) is 0 Å². The molecule has 0 saturated carbocycles. The fourth-order valence-electron chi connectivity index (χ4n) is 0.470. The molecular weight excluding hydrogens is 134 g/mol. The van der Waals surface area contributed by atoms with Crippen LogP contribution in [-0.2, 0) is 5.60 Å². The van der Waals surface area contributed by atoms with E-state index in [1.165, 1.54) is 11.3 Å². The molecule has 1 heterocycles. The zero-order valence-corrected chi connectivity index (χ0v) is 6.20. The molecule has 2 nitrogen and oxygen atoms in total. The SMILES string of the molecule is CC(C)(O)c1cn[c]s1. The van der Waals surface area contributed by atoms with Crippen LogP contribution in [-0.4, -0.2) is 10.1 Å². The van der Waals surface area contributed by atoms with E-state index in [0.29, 0.717) is 0 Å². The molecule has 1 radical (unpaired) electrons. The molecule has 0 saturated heterocycles. The van der Waals surface area contributed by atoms with E-state index >= 15 is 0 Å². The molecule has 0 aliphatic rings. The van der Waals surface area contributed by atoms with Gasteiger partial charge >= 0.3 is 0 Å². The van der Waals surface area contributed by atoms with Gasteiger partial charge in [0.25, 0.3) is 0 Å². The summed E-state index contributed by atoms with van der Waals surface area (Å²) in [6, 6.07) is 0. The van der Waals surface area contributed by atoms with Crippen LogP contribution >= 0.6 is 11.3 Å². The summed E-state index contributed by atoms with van der Waals surface area (Å²) in [6.45, 7) is 3.46. The molecule has 0 unspecified atom stereocenters. The van der Waals surface area contributed by atoms with E-state index in [1.807, 2.05) is 0 Å². The van der Waals surface area contributed by atoms with Crippen molar-refractivity contribution in [3.05, 3.63) is 16.6 Å². The zero-order valence-electron chi connectivity index (χ0n) is 5.38. The number of thiazole rings is 1. The summed E-state index contributed by atoms with van der Waals surface area (Å²) >= 11 is 1.34. The molecule has 3 heteroatoms. The van der Waals surface area contributed by atoms with E-state index in [9.17, 15) is 5.11 Å². The summed E-state index contributed by atoms with van der Waals surface area (Å²) < 4.78 is 0. The molecule has 0 aromatic carbocycles. The minimum absolute atomic E-state index is 0.752. The molecule has 0 amide bonds. The first-order valence-electron chi connectivity index (χ1n) is 2.65. The van der Waals surface area contributed by atoms with Gasteiger partial charge in [0.1, 0.15) is 0 Å². The molecule has 0 atom stereocenters. The van der Waals surface area contributed by atoms with Crippen LogP contribution in [0.4, 0.5) is 0 Å². The zero-order chi connectivity index (χ0) is 6.91. The molecule has 1 rings (SSSR count). The fraction of sp³-hybridized carbons (Fsp3) is 0.500. The van der Waals surface area contributed by atoms with Crippen molar-refractivity contribution in [3.63, 3.8) is 0 Å². The van der Waals surface area contributed by atoms with Crippen molar-refractivity contribution < 1.29 is 5.11 Å². The third-order valence-electron chi connectivity index (χ3n) is 0.993. The van der Waals surface area contributed by atoms with Crippen LogP contribution in [0.1, 0.15) is 18.7 Å². The van der Waals surface area contributed by atoms with Crippen LogP contribution < -0.4 is 0 Å². The highest BCUT2D eigenvalue weighted by molar-refractivity contribution is 7.09. The van der Waals surface area contributed by atoms with Crippen molar-refractivity contribution in [2.75, 3.05) is 0 Å². The molecular formula is C6H8NOS. The Bertz CT molecular complexity index is 175. The maximum Gasteiger partial charge on any atom is 0.152 e. The van der Waals surface area contributed by atoms with Crippen LogP contribution in [0, 0.1) is 5.51 Å². The molecule has 9 heavy (non-hydrogen) atoms. The number of rotatable bonds is 1. The number of hydrogen-bond acceptors (Lipinski definition) is 3. The summed E-state index contributed by atoms with van der Waals surface area (Å²) in [5.41, 5.74) is 1.92. The van der Waals surface area contributed by atoms with Crippen molar-refractivity contribution in [1.82, 2.24) is 4.98 Å². The number of nitrogens with zero attached hydrogens (tertiary/aromatic N) is 1. The van der Waals surface area contributed by atoms with Gasteiger partial charge in [-0.1, -0.05) is 0 Å². The van der Waals surface area contributed by atoms with Crippen LogP contribution in [0.25, 0.3) is 0 Å². The van der Waals surface area contributed by atoms with E-state index in [0.717, 1.165) is 4.88 Å².